The highest BCUT2D eigenvalue weighted by Gasteiger charge is 2.51. The van der Waals surface area contributed by atoms with Gasteiger partial charge in [-0.25, -0.2) is 4.79 Å². The van der Waals surface area contributed by atoms with Gasteiger partial charge in [-0.05, 0) is 20.4 Å². The van der Waals surface area contributed by atoms with Crippen LogP contribution in [0, 0.1) is 0 Å². The molecule has 0 radical (unpaired) electrons. The number of ether oxygens (including phenoxy) is 1. The minimum Gasteiger partial charge on any atom is -0.440 e. The molecular formula is C9H16N2O2. The van der Waals surface area contributed by atoms with Gasteiger partial charge < -0.3 is 14.5 Å². The molecule has 2 atom stereocenters. The molecule has 0 spiro atoms. The first kappa shape index (κ1) is 8.81. The number of carbonyl (C=O) groups excluding carboxylic acids is 1. The summed E-state index contributed by atoms with van der Waals surface area (Å²) in [5.41, 5.74) is -0.293. The van der Waals surface area contributed by atoms with E-state index in [1.165, 1.54) is 0 Å². The zero-order chi connectivity index (χ0) is 9.64. The summed E-state index contributed by atoms with van der Waals surface area (Å²) in [6, 6.07) is 0.260. The first-order chi connectivity index (χ1) is 6.03. The van der Waals surface area contributed by atoms with Crippen LogP contribution in [-0.2, 0) is 4.74 Å². The highest BCUT2D eigenvalue weighted by Crippen LogP contribution is 2.34. The summed E-state index contributed by atoms with van der Waals surface area (Å²) in [5, 5.41) is 0. The van der Waals surface area contributed by atoms with Crippen molar-refractivity contribution < 1.29 is 9.53 Å². The van der Waals surface area contributed by atoms with Crippen molar-refractivity contribution in [1.82, 2.24) is 9.80 Å². The Hall–Kier alpha value is -0.770. The number of amides is 1. The van der Waals surface area contributed by atoms with Crippen LogP contribution in [0.1, 0.15) is 13.3 Å². The van der Waals surface area contributed by atoms with Gasteiger partial charge in [0.05, 0.1) is 6.04 Å². The van der Waals surface area contributed by atoms with Gasteiger partial charge in [-0.2, -0.15) is 0 Å². The fraction of sp³-hybridized carbons (Fsp3) is 0.889. The van der Waals surface area contributed by atoms with Crippen molar-refractivity contribution in [1.29, 1.82) is 0 Å². The Morgan fingerprint density at radius 3 is 2.92 bits per heavy atom. The number of likely N-dealkylation sites (tertiary alicyclic amines) is 1. The van der Waals surface area contributed by atoms with Gasteiger partial charge in [-0.15, -0.1) is 0 Å². The van der Waals surface area contributed by atoms with E-state index in [-0.39, 0.29) is 17.7 Å². The van der Waals surface area contributed by atoms with Gasteiger partial charge in [0.25, 0.3) is 0 Å². The third-order valence-electron chi connectivity index (χ3n) is 3.15. The molecule has 2 rings (SSSR count). The average molecular weight is 184 g/mol. The van der Waals surface area contributed by atoms with E-state index in [9.17, 15) is 4.79 Å². The molecule has 2 saturated heterocycles. The minimum absolute atomic E-state index is 0.178. The zero-order valence-electron chi connectivity index (χ0n) is 8.41. The first-order valence-corrected chi connectivity index (χ1v) is 4.67. The molecule has 2 heterocycles. The van der Waals surface area contributed by atoms with Crippen LogP contribution in [0.4, 0.5) is 4.79 Å². The third-order valence-corrected chi connectivity index (χ3v) is 3.15. The number of hydrogen-bond donors (Lipinski definition) is 0. The van der Waals surface area contributed by atoms with E-state index in [1.54, 1.807) is 4.90 Å². The van der Waals surface area contributed by atoms with Crippen molar-refractivity contribution in [2.45, 2.75) is 25.0 Å². The second-order valence-electron chi connectivity index (χ2n) is 4.33. The van der Waals surface area contributed by atoms with Crippen molar-refractivity contribution in [3.8, 4) is 0 Å². The number of likely N-dealkylation sites (N-methyl/N-ethyl adjacent to an activating group) is 2. The number of piperidine rings is 1. The van der Waals surface area contributed by atoms with Gasteiger partial charge in [0.15, 0.2) is 0 Å². The molecule has 4 heteroatoms. The number of carbonyl (C=O) groups is 1. The Balaban J connectivity index is 2.22. The van der Waals surface area contributed by atoms with Crippen molar-refractivity contribution in [3.63, 3.8) is 0 Å². The molecule has 1 amide bonds. The molecule has 4 nitrogen and oxygen atoms in total. The monoisotopic (exact) mass is 184 g/mol. The van der Waals surface area contributed by atoms with Crippen LogP contribution >= 0.6 is 0 Å². The van der Waals surface area contributed by atoms with Crippen molar-refractivity contribution in [2.24, 2.45) is 0 Å². The van der Waals surface area contributed by atoms with E-state index in [0.29, 0.717) is 0 Å². The predicted molar refractivity (Wildman–Crippen MR) is 48.6 cm³/mol. The normalized spacial score (nSPS) is 40.4. The fourth-order valence-corrected chi connectivity index (χ4v) is 2.47. The highest BCUT2D eigenvalue weighted by atomic mass is 16.6. The van der Waals surface area contributed by atoms with Gasteiger partial charge in [-0.3, -0.25) is 0 Å². The number of fused-ring (bicyclic) bond motifs is 1. The summed E-state index contributed by atoms with van der Waals surface area (Å²) in [6.45, 7) is 3.91. The van der Waals surface area contributed by atoms with E-state index < -0.39 is 0 Å². The van der Waals surface area contributed by atoms with E-state index in [0.717, 1.165) is 19.5 Å². The topological polar surface area (TPSA) is 32.8 Å². The number of nitrogens with zero attached hydrogens (tertiary/aromatic N) is 2. The molecule has 0 aromatic heterocycles. The molecule has 2 aliphatic rings. The average Bonchev–Trinajstić information content (AvgIpc) is 2.22. The van der Waals surface area contributed by atoms with E-state index in [2.05, 4.69) is 11.9 Å². The summed E-state index contributed by atoms with van der Waals surface area (Å²) in [4.78, 5) is 15.3. The lowest BCUT2D eigenvalue weighted by Crippen LogP contribution is -2.54. The number of hydrogen-bond acceptors (Lipinski definition) is 3. The van der Waals surface area contributed by atoms with Gasteiger partial charge in [-0.1, -0.05) is 0 Å². The Morgan fingerprint density at radius 2 is 2.23 bits per heavy atom. The maximum Gasteiger partial charge on any atom is 0.410 e. The van der Waals surface area contributed by atoms with E-state index >= 15 is 0 Å². The molecule has 0 aliphatic carbocycles. The van der Waals surface area contributed by atoms with Crippen LogP contribution < -0.4 is 0 Å². The van der Waals surface area contributed by atoms with Crippen LogP contribution in [-0.4, -0.2) is 54.7 Å². The summed E-state index contributed by atoms with van der Waals surface area (Å²) >= 11 is 0. The van der Waals surface area contributed by atoms with Crippen LogP contribution in [0.15, 0.2) is 0 Å². The largest absolute Gasteiger partial charge is 0.440 e. The van der Waals surface area contributed by atoms with Crippen LogP contribution in [0.25, 0.3) is 0 Å². The molecule has 74 valence electrons. The van der Waals surface area contributed by atoms with Crippen molar-refractivity contribution in [3.05, 3.63) is 0 Å². The first-order valence-electron chi connectivity index (χ1n) is 4.67. The van der Waals surface area contributed by atoms with E-state index in [4.69, 9.17) is 4.74 Å². The van der Waals surface area contributed by atoms with Crippen molar-refractivity contribution in [2.75, 3.05) is 27.2 Å². The Bertz CT molecular complexity index is 244. The molecule has 0 aromatic carbocycles. The van der Waals surface area contributed by atoms with Gasteiger partial charge in [0.2, 0.25) is 0 Å². The van der Waals surface area contributed by atoms with Gasteiger partial charge in [0, 0.05) is 20.1 Å². The summed E-state index contributed by atoms with van der Waals surface area (Å²) in [6.07, 6.45) is 0.831. The lowest BCUT2D eigenvalue weighted by molar-refractivity contribution is -0.00363. The Labute approximate surface area is 78.4 Å². The molecule has 0 N–H and O–H groups in total. The lowest BCUT2D eigenvalue weighted by Gasteiger charge is -2.39. The molecular weight excluding hydrogens is 168 g/mol. The standard InChI is InChI=1S/C9H16N2O2/c1-9-6-10(2)5-4-7(9)11(3)8(12)13-9/h7H,4-6H2,1-3H3. The predicted octanol–water partition coefficient (Wildman–Crippen LogP) is 0.531. The quantitative estimate of drug-likeness (QED) is 0.550. The highest BCUT2D eigenvalue weighted by molar-refractivity contribution is 5.71. The maximum atomic E-state index is 11.3. The minimum atomic E-state index is -0.293. The molecule has 0 bridgehead atoms. The van der Waals surface area contributed by atoms with Crippen LogP contribution in [0.2, 0.25) is 0 Å². The van der Waals surface area contributed by atoms with Gasteiger partial charge >= 0.3 is 6.09 Å². The second-order valence-corrected chi connectivity index (χ2v) is 4.33. The van der Waals surface area contributed by atoms with E-state index in [1.807, 2.05) is 14.0 Å². The maximum absolute atomic E-state index is 11.3. The molecule has 2 aliphatic heterocycles. The second kappa shape index (κ2) is 2.61. The molecule has 2 unspecified atom stereocenters. The molecule has 0 aromatic rings. The molecule has 0 saturated carbocycles. The third kappa shape index (κ3) is 1.20. The smallest absolute Gasteiger partial charge is 0.410 e. The van der Waals surface area contributed by atoms with Crippen LogP contribution in [0.5, 0.6) is 0 Å². The Morgan fingerprint density at radius 1 is 1.54 bits per heavy atom. The lowest BCUT2D eigenvalue weighted by atomic mass is 9.89. The van der Waals surface area contributed by atoms with Crippen LogP contribution in [0.3, 0.4) is 0 Å². The summed E-state index contributed by atoms with van der Waals surface area (Å²) in [7, 11) is 3.89. The molecule has 2 fully saturated rings. The fourth-order valence-electron chi connectivity index (χ4n) is 2.47. The zero-order valence-corrected chi connectivity index (χ0v) is 8.41. The van der Waals surface area contributed by atoms with Crippen molar-refractivity contribution >= 4 is 6.09 Å². The number of rotatable bonds is 0. The van der Waals surface area contributed by atoms with Gasteiger partial charge in [0.1, 0.15) is 5.60 Å². The molecule has 13 heavy (non-hydrogen) atoms. The SMILES string of the molecule is CN1CCC2N(C)C(=O)OC2(C)C1. The summed E-state index contributed by atoms with van der Waals surface area (Å²) in [5.74, 6) is 0. The summed E-state index contributed by atoms with van der Waals surface area (Å²) < 4.78 is 5.38. The Kier molecular flexibility index (Phi) is 1.77.